The van der Waals surface area contributed by atoms with Crippen LogP contribution in [0.15, 0.2) is 48.5 Å². The predicted molar refractivity (Wildman–Crippen MR) is 116 cm³/mol. The number of sulfonamides is 1. The van der Waals surface area contributed by atoms with Crippen molar-refractivity contribution in [3.05, 3.63) is 59.7 Å². The van der Waals surface area contributed by atoms with Gasteiger partial charge in [0.1, 0.15) is 0 Å². The molecular weight excluding hydrogens is 390 g/mol. The van der Waals surface area contributed by atoms with Gasteiger partial charge in [0.05, 0.1) is 16.0 Å². The third-order valence-electron chi connectivity index (χ3n) is 5.20. The van der Waals surface area contributed by atoms with E-state index < -0.39 is 10.0 Å². The molecule has 4 rings (SSSR count). The fourth-order valence-electron chi connectivity index (χ4n) is 3.64. The van der Waals surface area contributed by atoms with Gasteiger partial charge in [0.25, 0.3) is 0 Å². The van der Waals surface area contributed by atoms with Crippen LogP contribution in [0.25, 0.3) is 10.2 Å². The van der Waals surface area contributed by atoms with Crippen molar-refractivity contribution >= 4 is 36.7 Å². The molecule has 1 saturated heterocycles. The van der Waals surface area contributed by atoms with Crippen molar-refractivity contribution in [2.45, 2.75) is 25.5 Å². The molecule has 0 unspecified atom stereocenters. The molecule has 2 aromatic carbocycles. The van der Waals surface area contributed by atoms with Crippen LogP contribution < -0.4 is 9.62 Å². The van der Waals surface area contributed by atoms with Crippen LogP contribution in [0.4, 0.5) is 5.13 Å². The van der Waals surface area contributed by atoms with Gasteiger partial charge in [-0.1, -0.05) is 53.3 Å². The Morgan fingerprint density at radius 1 is 1.14 bits per heavy atom. The largest absolute Gasteiger partial charge is 0.348 e. The van der Waals surface area contributed by atoms with Crippen LogP contribution in [0.1, 0.15) is 24.0 Å². The molecule has 1 aliphatic rings. The van der Waals surface area contributed by atoms with E-state index in [1.165, 1.54) is 4.70 Å². The van der Waals surface area contributed by atoms with Crippen LogP contribution in [0.2, 0.25) is 0 Å². The Bertz CT molecular complexity index is 1020. The minimum Gasteiger partial charge on any atom is -0.348 e. The Labute approximate surface area is 170 Å². The fourth-order valence-corrected chi connectivity index (χ4v) is 5.87. The lowest BCUT2D eigenvalue weighted by Crippen LogP contribution is -2.38. The van der Waals surface area contributed by atoms with Gasteiger partial charge in [0.15, 0.2) is 5.13 Å². The normalized spacial score (nSPS) is 16.0. The maximum Gasteiger partial charge on any atom is 0.215 e. The number of aromatic nitrogens is 1. The zero-order valence-electron chi connectivity index (χ0n) is 16.0. The minimum atomic E-state index is -3.31. The summed E-state index contributed by atoms with van der Waals surface area (Å²) in [5, 5.41) is 1.07. The summed E-state index contributed by atoms with van der Waals surface area (Å²) in [6.07, 6.45) is 1.95. The summed E-state index contributed by atoms with van der Waals surface area (Å²) in [7, 11) is -3.31. The van der Waals surface area contributed by atoms with E-state index in [0.29, 0.717) is 12.5 Å². The minimum absolute atomic E-state index is 0.0409. The fraction of sp³-hybridized carbons (Fsp3) is 0.381. The number of nitrogens with zero attached hydrogens (tertiary/aromatic N) is 2. The van der Waals surface area contributed by atoms with E-state index in [4.69, 9.17) is 4.98 Å². The second-order valence-corrected chi connectivity index (χ2v) is 10.3. The van der Waals surface area contributed by atoms with E-state index in [0.717, 1.165) is 47.7 Å². The Kier molecular flexibility index (Phi) is 5.66. The summed E-state index contributed by atoms with van der Waals surface area (Å²) in [5.41, 5.74) is 2.96. The molecule has 0 saturated carbocycles. The molecular formula is C21H25N3O2S2. The molecule has 0 atom stereocenters. The van der Waals surface area contributed by atoms with Crippen molar-refractivity contribution in [2.75, 3.05) is 24.5 Å². The van der Waals surface area contributed by atoms with Crippen LogP contribution in [-0.4, -0.2) is 33.0 Å². The van der Waals surface area contributed by atoms with Gasteiger partial charge in [-0.3, -0.25) is 0 Å². The Balaban J connectivity index is 1.29. The quantitative estimate of drug-likeness (QED) is 0.662. The highest BCUT2D eigenvalue weighted by molar-refractivity contribution is 7.88. The zero-order valence-corrected chi connectivity index (χ0v) is 17.6. The van der Waals surface area contributed by atoms with Gasteiger partial charge in [-0.05, 0) is 43.4 Å². The number of thiazole rings is 1. The Hall–Kier alpha value is -1.96. The number of hydrogen-bond acceptors (Lipinski definition) is 5. The van der Waals surface area contributed by atoms with Gasteiger partial charge < -0.3 is 4.90 Å². The molecule has 1 aliphatic heterocycles. The molecule has 1 N–H and O–H groups in total. The van der Waals surface area contributed by atoms with Crippen molar-refractivity contribution in [1.82, 2.24) is 9.71 Å². The van der Waals surface area contributed by atoms with Gasteiger partial charge in [0.2, 0.25) is 10.0 Å². The molecule has 148 valence electrons. The average molecular weight is 416 g/mol. The number of benzene rings is 2. The lowest BCUT2D eigenvalue weighted by molar-refractivity contribution is 0.402. The highest BCUT2D eigenvalue weighted by Crippen LogP contribution is 2.31. The summed E-state index contributed by atoms with van der Waals surface area (Å²) in [5.74, 6) is 0.414. The lowest BCUT2D eigenvalue weighted by Gasteiger charge is -2.31. The van der Waals surface area contributed by atoms with E-state index in [9.17, 15) is 8.42 Å². The van der Waals surface area contributed by atoms with E-state index >= 15 is 0 Å². The first kappa shape index (κ1) is 19.4. The number of fused-ring (bicyclic) bond motifs is 1. The second kappa shape index (κ2) is 8.19. The zero-order chi connectivity index (χ0) is 19.6. The third kappa shape index (κ3) is 4.71. The van der Waals surface area contributed by atoms with Crippen molar-refractivity contribution in [3.8, 4) is 0 Å². The molecule has 7 heteroatoms. The summed E-state index contributed by atoms with van der Waals surface area (Å²) >= 11 is 1.73. The van der Waals surface area contributed by atoms with Gasteiger partial charge in [-0.25, -0.2) is 18.1 Å². The predicted octanol–water partition coefficient (Wildman–Crippen LogP) is 3.94. The lowest BCUT2D eigenvalue weighted by atomic mass is 9.97. The first-order chi connectivity index (χ1) is 13.5. The number of piperidine rings is 1. The number of hydrogen-bond donors (Lipinski definition) is 1. The Morgan fingerprint density at radius 3 is 2.68 bits per heavy atom. The number of nitrogens with one attached hydrogen (secondary N) is 1. The summed E-state index contributed by atoms with van der Waals surface area (Å²) in [6.45, 7) is 4.33. The molecule has 0 amide bonds. The molecule has 28 heavy (non-hydrogen) atoms. The van der Waals surface area contributed by atoms with E-state index in [1.54, 1.807) is 11.3 Å². The molecule has 1 aromatic heterocycles. The molecule has 1 fully saturated rings. The summed E-state index contributed by atoms with van der Waals surface area (Å²) < 4.78 is 28.8. The second-order valence-electron chi connectivity index (χ2n) is 7.49. The van der Waals surface area contributed by atoms with Gasteiger partial charge >= 0.3 is 0 Å². The van der Waals surface area contributed by atoms with E-state index in [-0.39, 0.29) is 5.75 Å². The van der Waals surface area contributed by atoms with E-state index in [1.807, 2.05) is 49.4 Å². The third-order valence-corrected chi connectivity index (χ3v) is 7.62. The molecule has 2 heterocycles. The number of rotatable bonds is 6. The van der Waals surface area contributed by atoms with Crippen LogP contribution >= 0.6 is 11.3 Å². The van der Waals surface area contributed by atoms with Crippen molar-refractivity contribution in [3.63, 3.8) is 0 Å². The van der Waals surface area contributed by atoms with Crippen LogP contribution in [0.3, 0.4) is 0 Å². The molecule has 0 bridgehead atoms. The van der Waals surface area contributed by atoms with Gasteiger partial charge in [-0.15, -0.1) is 0 Å². The van der Waals surface area contributed by atoms with Crippen LogP contribution in [-0.2, 0) is 15.8 Å². The summed E-state index contributed by atoms with van der Waals surface area (Å²) in [6, 6.07) is 15.9. The number of anilines is 1. The monoisotopic (exact) mass is 415 g/mol. The summed E-state index contributed by atoms with van der Waals surface area (Å²) in [4.78, 5) is 7.06. The number of para-hydroxylation sites is 1. The molecule has 0 spiro atoms. The van der Waals surface area contributed by atoms with Crippen LogP contribution in [0, 0.1) is 12.8 Å². The number of aryl methyl sites for hydroxylation is 1. The molecule has 0 radical (unpaired) electrons. The Morgan fingerprint density at radius 2 is 1.93 bits per heavy atom. The maximum absolute atomic E-state index is 12.4. The molecule has 3 aromatic rings. The maximum atomic E-state index is 12.4. The first-order valence-corrected chi connectivity index (χ1v) is 12.1. The first-order valence-electron chi connectivity index (χ1n) is 9.62. The van der Waals surface area contributed by atoms with Crippen molar-refractivity contribution < 1.29 is 8.42 Å². The highest BCUT2D eigenvalue weighted by Gasteiger charge is 2.23. The van der Waals surface area contributed by atoms with Crippen LogP contribution in [0.5, 0.6) is 0 Å². The highest BCUT2D eigenvalue weighted by atomic mass is 32.2. The average Bonchev–Trinajstić information content (AvgIpc) is 3.11. The topological polar surface area (TPSA) is 62.3 Å². The van der Waals surface area contributed by atoms with E-state index in [2.05, 4.69) is 15.7 Å². The SMILES string of the molecule is Cc1cccc(CS(=O)(=O)NCC2CCN(c3nc4ccccc4s3)CC2)c1. The standard InChI is InChI=1S/C21H25N3O2S2/c1-16-5-4-6-18(13-16)15-28(25,26)22-14-17-9-11-24(12-10-17)21-23-19-7-2-3-8-20(19)27-21/h2-8,13,17,22H,9-12,14-15H2,1H3. The van der Waals surface area contributed by atoms with Crippen molar-refractivity contribution in [2.24, 2.45) is 5.92 Å². The van der Waals surface area contributed by atoms with Crippen molar-refractivity contribution in [1.29, 1.82) is 0 Å². The molecule has 0 aliphatic carbocycles. The van der Waals surface area contributed by atoms with Gasteiger partial charge in [-0.2, -0.15) is 0 Å². The molecule has 5 nitrogen and oxygen atoms in total. The van der Waals surface area contributed by atoms with Gasteiger partial charge in [0, 0.05) is 19.6 Å². The smallest absolute Gasteiger partial charge is 0.215 e.